The maximum atomic E-state index is 13.6. The topological polar surface area (TPSA) is 112 Å². The lowest BCUT2D eigenvalue weighted by molar-refractivity contribution is -0.141. The molecule has 0 radical (unpaired) electrons. The number of hydrogen-bond acceptors (Lipinski definition) is 7. The highest BCUT2D eigenvalue weighted by Gasteiger charge is 2.35. The van der Waals surface area contributed by atoms with E-state index in [0.29, 0.717) is 27.9 Å². The first-order valence-corrected chi connectivity index (χ1v) is 13.4. The molecule has 0 atom stereocenters. The fourth-order valence-corrected chi connectivity index (χ4v) is 5.25. The summed E-state index contributed by atoms with van der Waals surface area (Å²) in [5.41, 5.74) is 1.35. The summed E-state index contributed by atoms with van der Waals surface area (Å²) in [6, 6.07) is 4.92. The first-order chi connectivity index (χ1) is 20.7. The molecule has 44 heavy (non-hydrogen) atoms. The van der Waals surface area contributed by atoms with Crippen LogP contribution < -0.4 is 10.4 Å². The fourth-order valence-electron chi connectivity index (χ4n) is 5.25. The molecule has 6 rings (SSSR count). The Kier molecular flexibility index (Phi) is 6.96. The summed E-state index contributed by atoms with van der Waals surface area (Å²) >= 11 is 0. The van der Waals surface area contributed by atoms with Gasteiger partial charge in [-0.3, -0.25) is 14.5 Å². The second-order valence-corrected chi connectivity index (χ2v) is 10.6. The van der Waals surface area contributed by atoms with Crippen LogP contribution in [0, 0.1) is 12.3 Å². The minimum Gasteiger partial charge on any atom is -0.480 e. The molecular formula is C28H25F6N9O. The molecule has 1 fully saturated rings. The lowest BCUT2D eigenvalue weighted by Gasteiger charge is -2.11. The predicted molar refractivity (Wildman–Crippen MR) is 144 cm³/mol. The third-order valence-corrected chi connectivity index (χ3v) is 7.41. The van der Waals surface area contributed by atoms with Crippen LogP contribution >= 0.6 is 0 Å². The average molecular weight is 618 g/mol. The van der Waals surface area contributed by atoms with E-state index in [-0.39, 0.29) is 41.2 Å². The van der Waals surface area contributed by atoms with Gasteiger partial charge >= 0.3 is 12.4 Å². The molecule has 0 aliphatic heterocycles. The second-order valence-electron chi connectivity index (χ2n) is 10.6. The maximum absolute atomic E-state index is 13.6. The zero-order chi connectivity index (χ0) is 31.6. The van der Waals surface area contributed by atoms with Crippen LogP contribution in [-0.2, 0) is 26.3 Å². The molecule has 0 bridgehead atoms. The van der Waals surface area contributed by atoms with Gasteiger partial charge in [-0.25, -0.2) is 24.9 Å². The number of aryl methyl sites for hydroxylation is 2. The zero-order valence-corrected chi connectivity index (χ0v) is 23.6. The number of methoxy groups -OCH3 is 1. The van der Waals surface area contributed by atoms with Crippen LogP contribution in [0.2, 0.25) is 0 Å². The molecule has 0 unspecified atom stereocenters. The molecule has 4 heterocycles. The summed E-state index contributed by atoms with van der Waals surface area (Å²) in [6.45, 7) is 0.215. The van der Waals surface area contributed by atoms with Gasteiger partial charge in [0.05, 0.1) is 25.5 Å². The lowest BCUT2D eigenvalue weighted by Crippen LogP contribution is -2.30. The van der Waals surface area contributed by atoms with Gasteiger partial charge in [-0.1, -0.05) is 18.2 Å². The number of aromatic nitrogens is 8. The van der Waals surface area contributed by atoms with Gasteiger partial charge in [0, 0.05) is 24.7 Å². The third kappa shape index (κ3) is 5.39. The predicted octanol–water partition coefficient (Wildman–Crippen LogP) is 5.39. The first kappa shape index (κ1) is 29.3. The Labute approximate surface area is 245 Å². The van der Waals surface area contributed by atoms with E-state index in [1.807, 2.05) is 0 Å². The smallest absolute Gasteiger partial charge is 0.434 e. The monoisotopic (exact) mass is 617 g/mol. The van der Waals surface area contributed by atoms with Crippen molar-refractivity contribution in [3.8, 4) is 28.7 Å². The average Bonchev–Trinajstić information content (AvgIpc) is 3.69. The number of rotatable bonds is 7. The Morgan fingerprint density at radius 1 is 1.02 bits per heavy atom. The summed E-state index contributed by atoms with van der Waals surface area (Å²) in [5.74, 6) is 0.640. The Balaban J connectivity index is 1.46. The van der Waals surface area contributed by atoms with E-state index in [1.165, 1.54) is 35.8 Å². The Morgan fingerprint density at radius 2 is 1.77 bits per heavy atom. The van der Waals surface area contributed by atoms with Crippen molar-refractivity contribution in [1.82, 2.24) is 38.6 Å². The summed E-state index contributed by atoms with van der Waals surface area (Å²) in [7, 11) is 2.89. The minimum absolute atomic E-state index is 0.000829. The van der Waals surface area contributed by atoms with Gasteiger partial charge in [0.1, 0.15) is 29.8 Å². The van der Waals surface area contributed by atoms with Crippen molar-refractivity contribution in [2.75, 3.05) is 7.11 Å². The van der Waals surface area contributed by atoms with Gasteiger partial charge in [0.25, 0.3) is 0 Å². The van der Waals surface area contributed by atoms with Crippen molar-refractivity contribution in [3.63, 3.8) is 0 Å². The molecule has 1 saturated carbocycles. The lowest BCUT2D eigenvalue weighted by atomic mass is 10.0. The molecular weight excluding hydrogens is 592 g/mol. The van der Waals surface area contributed by atoms with Crippen LogP contribution in [0.1, 0.15) is 41.3 Å². The van der Waals surface area contributed by atoms with Gasteiger partial charge in [0.15, 0.2) is 17.2 Å². The van der Waals surface area contributed by atoms with E-state index in [1.54, 1.807) is 25.1 Å². The van der Waals surface area contributed by atoms with Gasteiger partial charge in [-0.2, -0.15) is 26.3 Å². The van der Waals surface area contributed by atoms with E-state index in [4.69, 9.17) is 10.1 Å². The number of benzene rings is 1. The van der Waals surface area contributed by atoms with E-state index >= 15 is 0 Å². The van der Waals surface area contributed by atoms with Crippen LogP contribution in [0.15, 0.2) is 36.9 Å². The quantitative estimate of drug-likeness (QED) is 0.245. The van der Waals surface area contributed by atoms with E-state index in [2.05, 4.69) is 24.9 Å². The van der Waals surface area contributed by atoms with Crippen molar-refractivity contribution in [1.29, 1.82) is 5.41 Å². The fraction of sp³-hybridized carbons (Fsp3) is 0.357. The first-order valence-electron chi connectivity index (χ1n) is 13.4. The molecule has 0 amide bonds. The van der Waals surface area contributed by atoms with E-state index in [0.717, 1.165) is 23.6 Å². The number of halogens is 6. The van der Waals surface area contributed by atoms with Crippen LogP contribution in [0.25, 0.3) is 33.9 Å². The van der Waals surface area contributed by atoms with Crippen molar-refractivity contribution >= 4 is 11.2 Å². The molecule has 1 N–H and O–H groups in total. The SMILES string of the molecule is COc1ncnc(C2CC2)c1-c1ncc2c(n1)n(Cc1ccc(-c3nc(C(F)(F)F)cn3C)c(C)c1)c(=N)n2CC(F)(F)F. The van der Waals surface area contributed by atoms with Crippen LogP contribution in [-0.4, -0.2) is 51.9 Å². The summed E-state index contributed by atoms with van der Waals surface area (Å²) in [6.07, 6.45) is -3.90. The summed E-state index contributed by atoms with van der Waals surface area (Å²) < 4.78 is 89.2. The zero-order valence-electron chi connectivity index (χ0n) is 23.6. The van der Waals surface area contributed by atoms with Gasteiger partial charge < -0.3 is 9.30 Å². The number of imidazole rings is 2. The third-order valence-electron chi connectivity index (χ3n) is 7.41. The number of alkyl halides is 6. The highest BCUT2D eigenvalue weighted by Crippen LogP contribution is 2.45. The molecule has 1 aliphatic carbocycles. The molecule has 4 aromatic heterocycles. The van der Waals surface area contributed by atoms with Crippen molar-refractivity contribution in [2.24, 2.45) is 7.05 Å². The minimum atomic E-state index is -4.62. The van der Waals surface area contributed by atoms with E-state index < -0.39 is 30.2 Å². The highest BCUT2D eigenvalue weighted by atomic mass is 19.4. The molecule has 0 spiro atoms. The van der Waals surface area contributed by atoms with E-state index in [9.17, 15) is 26.3 Å². The Bertz CT molecular complexity index is 1950. The molecule has 1 aliphatic rings. The second kappa shape index (κ2) is 10.4. The van der Waals surface area contributed by atoms with Crippen molar-refractivity contribution in [2.45, 2.75) is 51.1 Å². The summed E-state index contributed by atoms with van der Waals surface area (Å²) in [5, 5.41) is 8.69. The Hall–Kier alpha value is -4.76. The molecule has 1 aromatic carbocycles. The van der Waals surface area contributed by atoms with Crippen molar-refractivity contribution in [3.05, 3.63) is 65.1 Å². The summed E-state index contributed by atoms with van der Waals surface area (Å²) in [4.78, 5) is 21.3. The normalized spacial score (nSPS) is 14.0. The largest absolute Gasteiger partial charge is 0.480 e. The van der Waals surface area contributed by atoms with Crippen LogP contribution in [0.5, 0.6) is 5.88 Å². The number of fused-ring (bicyclic) bond motifs is 1. The molecule has 16 heteroatoms. The van der Waals surface area contributed by atoms with Crippen LogP contribution in [0.3, 0.4) is 0 Å². The number of hydrogen-bond donors (Lipinski definition) is 1. The molecule has 230 valence electrons. The Morgan fingerprint density at radius 3 is 2.39 bits per heavy atom. The molecule has 5 aromatic rings. The molecule has 0 saturated heterocycles. The van der Waals surface area contributed by atoms with Crippen molar-refractivity contribution < 1.29 is 31.1 Å². The molecule has 10 nitrogen and oxygen atoms in total. The standard InChI is InChI=1S/C28H25F6N9O/c1-14-8-15(4-7-17(14)23-39-19(11-41(23)2)28(32,33)34)10-42-24-18(43(26(42)35)12-27(29,30)31)9-36-22(40-24)20-21(16-5-6-16)37-13-38-25(20)44-3/h4,7-9,11,13,16,35H,5-6,10,12H2,1-3H3. The number of nitrogens with zero attached hydrogens (tertiary/aromatic N) is 8. The maximum Gasteiger partial charge on any atom is 0.434 e. The number of nitrogens with one attached hydrogen (secondary N) is 1. The van der Waals surface area contributed by atoms with Gasteiger partial charge in [-0.05, 0) is 30.9 Å². The number of ether oxygens (including phenoxy) is 1. The highest BCUT2D eigenvalue weighted by molar-refractivity contribution is 5.76. The van der Waals surface area contributed by atoms with Crippen LogP contribution in [0.4, 0.5) is 26.3 Å². The van der Waals surface area contributed by atoms with Gasteiger partial charge in [0.2, 0.25) is 11.5 Å². The van der Waals surface area contributed by atoms with Gasteiger partial charge in [-0.15, -0.1) is 0 Å².